The van der Waals surface area contributed by atoms with E-state index in [1.165, 1.54) is 6.07 Å². The van der Waals surface area contributed by atoms with Crippen LogP contribution in [0, 0.1) is 5.82 Å². The zero-order valence-corrected chi connectivity index (χ0v) is 17.5. The highest BCUT2D eigenvalue weighted by Crippen LogP contribution is 2.24. The maximum absolute atomic E-state index is 13.4. The average molecular weight is 416 g/mol. The number of nitrogens with zero attached hydrogens (tertiary/aromatic N) is 3. The molecule has 30 heavy (non-hydrogen) atoms. The van der Waals surface area contributed by atoms with Crippen LogP contribution in [0.5, 0.6) is 0 Å². The number of aryl methyl sites for hydroxylation is 1. The Morgan fingerprint density at radius 1 is 1.33 bits per heavy atom. The summed E-state index contributed by atoms with van der Waals surface area (Å²) in [7, 11) is 1.91. The highest BCUT2D eigenvalue weighted by Gasteiger charge is 2.28. The molecular weight excluding hydrogens is 385 g/mol. The van der Waals surface area contributed by atoms with Crippen LogP contribution in [0.25, 0.3) is 0 Å². The van der Waals surface area contributed by atoms with Crippen LogP contribution in [-0.2, 0) is 31.2 Å². The van der Waals surface area contributed by atoms with Gasteiger partial charge in [-0.3, -0.25) is 14.4 Å². The largest absolute Gasteiger partial charge is 0.379 e. The van der Waals surface area contributed by atoms with Crippen molar-refractivity contribution in [1.82, 2.24) is 25.3 Å². The number of amides is 1. The van der Waals surface area contributed by atoms with Gasteiger partial charge in [-0.1, -0.05) is 12.1 Å². The molecule has 2 heterocycles. The maximum atomic E-state index is 13.4. The summed E-state index contributed by atoms with van der Waals surface area (Å²) >= 11 is 0. The number of aromatic nitrogens is 2. The quantitative estimate of drug-likeness (QED) is 0.713. The topological polar surface area (TPSA) is 71.4 Å². The van der Waals surface area contributed by atoms with Gasteiger partial charge in [-0.15, -0.1) is 0 Å². The average Bonchev–Trinajstić information content (AvgIpc) is 3.09. The predicted octanol–water partition coefficient (Wildman–Crippen LogP) is 1.27. The van der Waals surface area contributed by atoms with Crippen molar-refractivity contribution >= 4 is 5.91 Å². The Morgan fingerprint density at radius 3 is 2.97 bits per heavy atom. The fourth-order valence-electron chi connectivity index (χ4n) is 4.29. The van der Waals surface area contributed by atoms with Crippen LogP contribution in [0.4, 0.5) is 4.39 Å². The van der Waals surface area contributed by atoms with Gasteiger partial charge < -0.3 is 15.4 Å². The smallest absolute Gasteiger partial charge is 0.272 e. The van der Waals surface area contributed by atoms with Gasteiger partial charge in [0.05, 0.1) is 13.2 Å². The summed E-state index contributed by atoms with van der Waals surface area (Å²) in [5, 5.41) is 11.1. The maximum Gasteiger partial charge on any atom is 0.272 e. The lowest BCUT2D eigenvalue weighted by atomic mass is 9.91. The zero-order valence-electron chi connectivity index (χ0n) is 17.5. The Bertz CT molecular complexity index is 878. The second-order valence-electron chi connectivity index (χ2n) is 8.06. The Kier molecular flexibility index (Phi) is 6.76. The van der Waals surface area contributed by atoms with Crippen molar-refractivity contribution in [3.05, 3.63) is 52.6 Å². The number of hydrogen-bond donors (Lipinski definition) is 2. The van der Waals surface area contributed by atoms with Gasteiger partial charge in [0, 0.05) is 57.1 Å². The number of nitrogens with one attached hydrogen (secondary N) is 2. The van der Waals surface area contributed by atoms with Crippen LogP contribution in [0.2, 0.25) is 0 Å². The summed E-state index contributed by atoms with van der Waals surface area (Å²) in [5.41, 5.74) is 3.63. The molecule has 1 saturated heterocycles. The van der Waals surface area contributed by atoms with E-state index >= 15 is 0 Å². The lowest BCUT2D eigenvalue weighted by molar-refractivity contribution is 0.0383. The van der Waals surface area contributed by atoms with Crippen LogP contribution in [0.15, 0.2) is 24.3 Å². The summed E-state index contributed by atoms with van der Waals surface area (Å²) in [4.78, 5) is 15.1. The molecule has 8 heteroatoms. The van der Waals surface area contributed by atoms with Crippen molar-refractivity contribution in [2.24, 2.45) is 7.05 Å². The number of morpholine rings is 1. The first-order valence-electron chi connectivity index (χ1n) is 10.7. The molecule has 1 aliphatic carbocycles. The first-order chi connectivity index (χ1) is 14.6. The van der Waals surface area contributed by atoms with Crippen LogP contribution in [0.1, 0.15) is 33.7 Å². The van der Waals surface area contributed by atoms with Gasteiger partial charge >= 0.3 is 0 Å². The molecule has 1 aliphatic heterocycles. The lowest BCUT2D eigenvalue weighted by Gasteiger charge is -2.26. The van der Waals surface area contributed by atoms with E-state index in [9.17, 15) is 9.18 Å². The molecule has 1 aromatic heterocycles. The Balaban J connectivity index is 1.34. The molecule has 0 bridgehead atoms. The van der Waals surface area contributed by atoms with Gasteiger partial charge in [0.25, 0.3) is 5.91 Å². The summed E-state index contributed by atoms with van der Waals surface area (Å²) in [5.74, 6) is -0.325. The first kappa shape index (κ1) is 21.0. The molecule has 2 aromatic rings. The third-order valence-corrected chi connectivity index (χ3v) is 5.97. The number of rotatable bonds is 7. The van der Waals surface area contributed by atoms with Gasteiger partial charge in [-0.25, -0.2) is 4.39 Å². The monoisotopic (exact) mass is 415 g/mol. The van der Waals surface area contributed by atoms with Crippen LogP contribution in [-0.4, -0.2) is 66.0 Å². The minimum absolute atomic E-state index is 0.106. The molecule has 1 unspecified atom stereocenters. The van der Waals surface area contributed by atoms with Crippen LogP contribution in [0.3, 0.4) is 0 Å². The number of fused-ring (bicyclic) bond motifs is 1. The van der Waals surface area contributed by atoms with Crippen LogP contribution >= 0.6 is 0 Å². The summed E-state index contributed by atoms with van der Waals surface area (Å²) in [6.45, 7) is 5.37. The molecule has 162 valence electrons. The normalized spacial score (nSPS) is 19.5. The van der Waals surface area contributed by atoms with Crippen molar-refractivity contribution in [2.45, 2.75) is 31.8 Å². The molecule has 4 rings (SSSR count). The molecule has 2 N–H and O–H groups in total. The van der Waals surface area contributed by atoms with Crippen molar-refractivity contribution in [3.8, 4) is 0 Å². The van der Waals surface area contributed by atoms with Gasteiger partial charge in [0.15, 0.2) is 5.69 Å². The van der Waals surface area contributed by atoms with E-state index in [0.717, 1.165) is 68.9 Å². The van der Waals surface area contributed by atoms with Crippen molar-refractivity contribution in [3.63, 3.8) is 0 Å². The van der Waals surface area contributed by atoms with E-state index in [2.05, 4.69) is 20.6 Å². The van der Waals surface area contributed by atoms with E-state index in [1.807, 2.05) is 17.8 Å². The van der Waals surface area contributed by atoms with E-state index in [4.69, 9.17) is 4.74 Å². The molecule has 2 aliphatic rings. The lowest BCUT2D eigenvalue weighted by Crippen LogP contribution is -2.41. The summed E-state index contributed by atoms with van der Waals surface area (Å²) in [6.07, 6.45) is 2.60. The fraction of sp³-hybridized carbons (Fsp3) is 0.545. The number of hydrogen-bond acceptors (Lipinski definition) is 5. The number of carbonyl (C=O) groups excluding carboxylic acids is 1. The number of carbonyl (C=O) groups is 1. The molecule has 1 aromatic carbocycles. The SMILES string of the molecule is Cn1nc(C(=O)NCCN2CCOCC2)c2c1CCC(NCc1cccc(F)c1)C2. The summed E-state index contributed by atoms with van der Waals surface area (Å²) < 4.78 is 20.6. The van der Waals surface area contributed by atoms with E-state index in [-0.39, 0.29) is 17.8 Å². The van der Waals surface area contributed by atoms with Crippen molar-refractivity contribution in [1.29, 1.82) is 0 Å². The molecule has 1 amide bonds. The van der Waals surface area contributed by atoms with E-state index in [1.54, 1.807) is 12.1 Å². The van der Waals surface area contributed by atoms with Gasteiger partial charge in [0.2, 0.25) is 0 Å². The third kappa shape index (κ3) is 5.06. The summed E-state index contributed by atoms with van der Waals surface area (Å²) in [6, 6.07) is 6.90. The minimum Gasteiger partial charge on any atom is -0.379 e. The second kappa shape index (κ2) is 9.68. The van der Waals surface area contributed by atoms with E-state index < -0.39 is 0 Å². The van der Waals surface area contributed by atoms with Gasteiger partial charge in [0.1, 0.15) is 5.82 Å². The minimum atomic E-state index is -0.219. The highest BCUT2D eigenvalue weighted by atomic mass is 19.1. The van der Waals surface area contributed by atoms with Crippen LogP contribution < -0.4 is 10.6 Å². The van der Waals surface area contributed by atoms with Crippen molar-refractivity contribution in [2.75, 3.05) is 39.4 Å². The fourth-order valence-corrected chi connectivity index (χ4v) is 4.29. The Hall–Kier alpha value is -2.29. The second-order valence-corrected chi connectivity index (χ2v) is 8.06. The number of halogens is 1. The molecule has 1 fully saturated rings. The van der Waals surface area contributed by atoms with E-state index in [0.29, 0.717) is 18.8 Å². The standard InChI is InChI=1S/C22H30FN5O2/c1-27-20-6-5-18(25-15-16-3-2-4-17(23)13-16)14-19(20)21(26-27)22(29)24-7-8-28-9-11-30-12-10-28/h2-4,13,18,25H,5-12,14-15H2,1H3,(H,24,29). The Morgan fingerprint density at radius 2 is 2.17 bits per heavy atom. The molecule has 0 spiro atoms. The molecule has 7 nitrogen and oxygen atoms in total. The third-order valence-electron chi connectivity index (χ3n) is 5.97. The van der Waals surface area contributed by atoms with Crippen molar-refractivity contribution < 1.29 is 13.9 Å². The van der Waals surface area contributed by atoms with Gasteiger partial charge in [-0.05, 0) is 37.0 Å². The number of benzene rings is 1. The highest BCUT2D eigenvalue weighted by molar-refractivity contribution is 5.94. The molecule has 1 atom stereocenters. The van der Waals surface area contributed by atoms with Gasteiger partial charge in [-0.2, -0.15) is 5.10 Å². The molecule has 0 saturated carbocycles. The molecule has 0 radical (unpaired) electrons. The predicted molar refractivity (Wildman–Crippen MR) is 112 cm³/mol. The first-order valence-corrected chi connectivity index (χ1v) is 10.7. The number of ether oxygens (including phenoxy) is 1. The zero-order chi connectivity index (χ0) is 20.9. The molecular formula is C22H30FN5O2. The Labute approximate surface area is 176 Å².